The van der Waals surface area contributed by atoms with Crippen LogP contribution in [0.3, 0.4) is 0 Å². The second kappa shape index (κ2) is 7.31. The summed E-state index contributed by atoms with van der Waals surface area (Å²) < 4.78 is 0. The lowest BCUT2D eigenvalue weighted by Crippen LogP contribution is -2.32. The van der Waals surface area contributed by atoms with E-state index in [-0.39, 0.29) is 11.1 Å². The van der Waals surface area contributed by atoms with Crippen molar-refractivity contribution in [2.75, 3.05) is 7.05 Å². The Morgan fingerprint density at radius 2 is 1.94 bits per heavy atom. The van der Waals surface area contributed by atoms with E-state index in [4.69, 9.17) is 17.3 Å². The van der Waals surface area contributed by atoms with E-state index >= 15 is 0 Å². The average molecular weight is 272 g/mol. The number of carbonyl (C=O) groups is 1. The molecule has 0 aromatic heterocycles. The van der Waals surface area contributed by atoms with Gasteiger partial charge in [-0.05, 0) is 25.8 Å². The first kappa shape index (κ1) is 14.9. The summed E-state index contributed by atoms with van der Waals surface area (Å²) in [7, 11) is 1.61. The SMILES string of the molecule is CNC(=O)/C(C)=C(/C=C(\N)Cl)NC1CCCCC1. The van der Waals surface area contributed by atoms with E-state index in [0.29, 0.717) is 17.3 Å². The van der Waals surface area contributed by atoms with Crippen molar-refractivity contribution in [1.29, 1.82) is 0 Å². The van der Waals surface area contributed by atoms with Crippen LogP contribution in [0.1, 0.15) is 39.0 Å². The summed E-state index contributed by atoms with van der Waals surface area (Å²) in [6.45, 7) is 1.76. The Kier molecular flexibility index (Phi) is 6.05. The van der Waals surface area contributed by atoms with Crippen LogP contribution in [0.15, 0.2) is 22.5 Å². The fourth-order valence-corrected chi connectivity index (χ4v) is 2.28. The average Bonchev–Trinajstić information content (AvgIpc) is 2.37. The van der Waals surface area contributed by atoms with Gasteiger partial charge in [0.25, 0.3) is 0 Å². The van der Waals surface area contributed by atoms with Crippen LogP contribution in [0.25, 0.3) is 0 Å². The van der Waals surface area contributed by atoms with Gasteiger partial charge >= 0.3 is 0 Å². The second-order valence-electron chi connectivity index (χ2n) is 4.63. The van der Waals surface area contributed by atoms with Gasteiger partial charge in [-0.15, -0.1) is 0 Å². The summed E-state index contributed by atoms with van der Waals surface area (Å²) in [5.41, 5.74) is 6.82. The molecule has 0 atom stereocenters. The number of hydrogen-bond acceptors (Lipinski definition) is 3. The minimum Gasteiger partial charge on any atom is -0.389 e. The van der Waals surface area contributed by atoms with Crippen molar-refractivity contribution < 1.29 is 4.79 Å². The first-order valence-corrected chi connectivity index (χ1v) is 6.74. The molecule has 0 radical (unpaired) electrons. The van der Waals surface area contributed by atoms with Gasteiger partial charge < -0.3 is 16.4 Å². The third-order valence-electron chi connectivity index (χ3n) is 3.22. The molecule has 0 aliphatic heterocycles. The normalized spacial score (nSPS) is 19.2. The fourth-order valence-electron chi connectivity index (χ4n) is 2.17. The van der Waals surface area contributed by atoms with Crippen molar-refractivity contribution in [3.05, 3.63) is 22.5 Å². The van der Waals surface area contributed by atoms with Crippen LogP contribution in [0.5, 0.6) is 0 Å². The van der Waals surface area contributed by atoms with Gasteiger partial charge in [-0.3, -0.25) is 4.79 Å². The molecule has 0 unspecified atom stereocenters. The fraction of sp³-hybridized carbons (Fsp3) is 0.615. The van der Waals surface area contributed by atoms with Crippen LogP contribution >= 0.6 is 11.6 Å². The van der Waals surface area contributed by atoms with Crippen molar-refractivity contribution in [2.24, 2.45) is 5.73 Å². The van der Waals surface area contributed by atoms with Gasteiger partial charge in [0.2, 0.25) is 5.91 Å². The van der Waals surface area contributed by atoms with Crippen LogP contribution in [0.4, 0.5) is 0 Å². The third-order valence-corrected chi connectivity index (χ3v) is 3.33. The van der Waals surface area contributed by atoms with Gasteiger partial charge in [0.15, 0.2) is 0 Å². The standard InChI is InChI=1S/C13H22ClN3O/c1-9(13(18)16-2)11(8-12(14)15)17-10-6-4-3-5-7-10/h8,10,17H,3-7,15H2,1-2H3,(H,16,18)/b11-9-,12-8-. The summed E-state index contributed by atoms with van der Waals surface area (Å²) in [6.07, 6.45) is 7.61. The van der Waals surface area contributed by atoms with Crippen LogP contribution in [0, 0.1) is 0 Å². The van der Waals surface area contributed by atoms with Crippen LogP contribution in [0.2, 0.25) is 0 Å². The zero-order chi connectivity index (χ0) is 13.5. The Morgan fingerprint density at radius 1 is 1.33 bits per heavy atom. The zero-order valence-corrected chi connectivity index (χ0v) is 11.8. The number of allylic oxidation sites excluding steroid dienone is 1. The Morgan fingerprint density at radius 3 is 2.44 bits per heavy atom. The molecule has 0 aromatic carbocycles. The van der Waals surface area contributed by atoms with Crippen molar-refractivity contribution in [2.45, 2.75) is 45.1 Å². The molecule has 1 rings (SSSR count). The molecule has 1 aliphatic carbocycles. The summed E-state index contributed by atoms with van der Waals surface area (Å²) >= 11 is 5.72. The van der Waals surface area contributed by atoms with Gasteiger partial charge in [0, 0.05) is 24.4 Å². The Hall–Kier alpha value is -1.16. The monoisotopic (exact) mass is 271 g/mol. The highest BCUT2D eigenvalue weighted by atomic mass is 35.5. The molecule has 4 N–H and O–H groups in total. The van der Waals surface area contributed by atoms with E-state index in [1.165, 1.54) is 19.3 Å². The molecule has 102 valence electrons. The molecule has 5 heteroatoms. The van der Waals surface area contributed by atoms with E-state index in [1.54, 1.807) is 20.0 Å². The van der Waals surface area contributed by atoms with Gasteiger partial charge in [-0.2, -0.15) is 0 Å². The maximum atomic E-state index is 11.7. The van der Waals surface area contributed by atoms with E-state index < -0.39 is 0 Å². The Labute approximate surface area is 114 Å². The van der Waals surface area contributed by atoms with Crippen molar-refractivity contribution in [3.63, 3.8) is 0 Å². The van der Waals surface area contributed by atoms with Crippen LogP contribution in [-0.4, -0.2) is 19.0 Å². The van der Waals surface area contributed by atoms with Gasteiger partial charge in [0.05, 0.1) is 0 Å². The number of nitrogens with two attached hydrogens (primary N) is 1. The molecule has 1 aliphatic rings. The molecule has 0 aromatic rings. The second-order valence-corrected chi connectivity index (χ2v) is 5.06. The molecule has 1 amide bonds. The third kappa shape index (κ3) is 4.61. The van der Waals surface area contributed by atoms with Crippen molar-refractivity contribution >= 4 is 17.5 Å². The first-order chi connectivity index (χ1) is 8.54. The van der Waals surface area contributed by atoms with Gasteiger partial charge in [0.1, 0.15) is 5.16 Å². The molecule has 4 nitrogen and oxygen atoms in total. The Bertz CT molecular complexity index is 353. The summed E-state index contributed by atoms with van der Waals surface area (Å²) in [4.78, 5) is 11.7. The largest absolute Gasteiger partial charge is 0.389 e. The maximum absolute atomic E-state index is 11.7. The molecular formula is C13H22ClN3O. The smallest absolute Gasteiger partial charge is 0.248 e. The zero-order valence-electron chi connectivity index (χ0n) is 11.1. The van der Waals surface area contributed by atoms with Crippen LogP contribution < -0.4 is 16.4 Å². The maximum Gasteiger partial charge on any atom is 0.248 e. The van der Waals surface area contributed by atoms with Crippen molar-refractivity contribution in [3.8, 4) is 0 Å². The minimum atomic E-state index is -0.123. The highest BCUT2D eigenvalue weighted by Gasteiger charge is 2.16. The Balaban J connectivity index is 2.84. The quantitative estimate of drug-likeness (QED) is 0.416. The lowest BCUT2D eigenvalue weighted by atomic mass is 9.95. The molecule has 0 bridgehead atoms. The van der Waals surface area contributed by atoms with E-state index in [1.807, 2.05) is 0 Å². The summed E-state index contributed by atoms with van der Waals surface area (Å²) in [6, 6.07) is 0.403. The molecule has 0 saturated heterocycles. The molecular weight excluding hydrogens is 250 g/mol. The topological polar surface area (TPSA) is 67.2 Å². The molecule has 0 spiro atoms. The lowest BCUT2D eigenvalue weighted by molar-refractivity contribution is -0.117. The number of rotatable bonds is 4. The van der Waals surface area contributed by atoms with Crippen LogP contribution in [-0.2, 0) is 4.79 Å². The highest BCUT2D eigenvalue weighted by Crippen LogP contribution is 2.19. The number of amides is 1. The number of halogens is 1. The van der Waals surface area contributed by atoms with E-state index in [0.717, 1.165) is 12.8 Å². The number of carbonyl (C=O) groups excluding carboxylic acids is 1. The predicted molar refractivity (Wildman–Crippen MR) is 74.9 cm³/mol. The molecule has 0 heterocycles. The predicted octanol–water partition coefficient (Wildman–Crippen LogP) is 1.97. The highest BCUT2D eigenvalue weighted by molar-refractivity contribution is 6.29. The minimum absolute atomic E-state index is 0.123. The molecule has 1 saturated carbocycles. The summed E-state index contributed by atoms with van der Waals surface area (Å²) in [5, 5.41) is 6.16. The number of likely N-dealkylation sites (N-methyl/N-ethyl adjacent to an activating group) is 1. The number of nitrogens with one attached hydrogen (secondary N) is 2. The molecule has 18 heavy (non-hydrogen) atoms. The molecule has 1 fully saturated rings. The van der Waals surface area contributed by atoms with Crippen molar-refractivity contribution in [1.82, 2.24) is 10.6 Å². The first-order valence-electron chi connectivity index (χ1n) is 6.36. The van der Waals surface area contributed by atoms with Gasteiger partial charge in [-0.25, -0.2) is 0 Å². The van der Waals surface area contributed by atoms with E-state index in [9.17, 15) is 4.79 Å². The number of hydrogen-bond donors (Lipinski definition) is 3. The van der Waals surface area contributed by atoms with Gasteiger partial charge in [-0.1, -0.05) is 30.9 Å². The summed E-state index contributed by atoms with van der Waals surface area (Å²) in [5.74, 6) is -0.123. The van der Waals surface area contributed by atoms with E-state index in [2.05, 4.69) is 10.6 Å². The lowest BCUT2D eigenvalue weighted by Gasteiger charge is -2.25.